The summed E-state index contributed by atoms with van der Waals surface area (Å²) >= 11 is 5.28. The van der Waals surface area contributed by atoms with Gasteiger partial charge in [-0.25, -0.2) is 0 Å². The van der Waals surface area contributed by atoms with Crippen LogP contribution in [0.2, 0.25) is 0 Å². The highest BCUT2D eigenvalue weighted by atomic mass is 32.1. The fourth-order valence-electron chi connectivity index (χ4n) is 2.03. The van der Waals surface area contributed by atoms with E-state index in [1.165, 1.54) is 5.56 Å². The Morgan fingerprint density at radius 1 is 1.05 bits per heavy atom. The minimum absolute atomic E-state index is 0.662. The van der Waals surface area contributed by atoms with E-state index in [1.807, 2.05) is 42.5 Å². The van der Waals surface area contributed by atoms with E-state index in [2.05, 4.69) is 29.7 Å². The van der Waals surface area contributed by atoms with Gasteiger partial charge in [0.05, 0.1) is 6.61 Å². The van der Waals surface area contributed by atoms with Crippen molar-refractivity contribution < 1.29 is 4.74 Å². The number of unbranched alkanes of at least 4 members (excludes halogenated alkanes) is 1. The first-order valence-electron chi connectivity index (χ1n) is 7.53. The van der Waals surface area contributed by atoms with Gasteiger partial charge < -0.3 is 15.4 Å². The van der Waals surface area contributed by atoms with Crippen LogP contribution in [0.3, 0.4) is 0 Å². The number of hydrogen-bond acceptors (Lipinski definition) is 2. The molecular formula is C18H22N2OS. The molecule has 2 N–H and O–H groups in total. The molecule has 0 aliphatic heterocycles. The zero-order chi connectivity index (χ0) is 15.6. The van der Waals surface area contributed by atoms with Gasteiger partial charge in [-0.3, -0.25) is 0 Å². The molecular weight excluding hydrogens is 292 g/mol. The Bertz CT molecular complexity index is 587. The largest absolute Gasteiger partial charge is 0.494 e. The maximum absolute atomic E-state index is 5.65. The molecule has 2 rings (SSSR count). The zero-order valence-corrected chi connectivity index (χ0v) is 13.7. The maximum Gasteiger partial charge on any atom is 0.170 e. The minimum atomic E-state index is 0.662. The molecule has 0 spiro atoms. The zero-order valence-electron chi connectivity index (χ0n) is 12.8. The highest BCUT2D eigenvalue weighted by molar-refractivity contribution is 7.80. The van der Waals surface area contributed by atoms with Crippen molar-refractivity contribution in [1.29, 1.82) is 0 Å². The molecule has 22 heavy (non-hydrogen) atoms. The molecule has 3 nitrogen and oxygen atoms in total. The van der Waals surface area contributed by atoms with Gasteiger partial charge in [-0.05, 0) is 61.8 Å². The molecule has 0 fully saturated rings. The van der Waals surface area contributed by atoms with Crippen LogP contribution in [0.5, 0.6) is 5.75 Å². The fourth-order valence-corrected chi connectivity index (χ4v) is 2.25. The van der Waals surface area contributed by atoms with Gasteiger partial charge in [0.2, 0.25) is 0 Å². The molecule has 0 unspecified atom stereocenters. The first-order chi connectivity index (χ1) is 10.7. The van der Waals surface area contributed by atoms with Gasteiger partial charge in [0.1, 0.15) is 5.75 Å². The Kier molecular flexibility index (Phi) is 6.71. The third-order valence-electron chi connectivity index (χ3n) is 3.14. The van der Waals surface area contributed by atoms with Crippen LogP contribution in [0.4, 0.5) is 5.69 Å². The Labute approximate surface area is 137 Å². The SMILES string of the molecule is Cc1cccc(NC(=S)NCCCCOc2ccccc2)c1. The number of hydrogen-bond donors (Lipinski definition) is 2. The number of ether oxygens (including phenoxy) is 1. The van der Waals surface area contributed by atoms with E-state index in [1.54, 1.807) is 0 Å². The second-order valence-corrected chi connectivity index (χ2v) is 5.53. The van der Waals surface area contributed by atoms with Gasteiger partial charge in [-0.1, -0.05) is 30.3 Å². The molecule has 0 atom stereocenters. The Morgan fingerprint density at radius 2 is 1.86 bits per heavy atom. The molecule has 0 bridgehead atoms. The standard InChI is InChI=1S/C18H22N2OS/c1-15-8-7-9-16(14-15)20-18(22)19-12-5-6-13-21-17-10-3-2-4-11-17/h2-4,7-11,14H,5-6,12-13H2,1H3,(H2,19,20,22). The lowest BCUT2D eigenvalue weighted by molar-refractivity contribution is 0.307. The average Bonchev–Trinajstić information content (AvgIpc) is 2.52. The van der Waals surface area contributed by atoms with Gasteiger partial charge >= 0.3 is 0 Å². The van der Waals surface area contributed by atoms with E-state index < -0.39 is 0 Å². The summed E-state index contributed by atoms with van der Waals surface area (Å²) in [7, 11) is 0. The van der Waals surface area contributed by atoms with E-state index in [4.69, 9.17) is 17.0 Å². The molecule has 0 amide bonds. The predicted molar refractivity (Wildman–Crippen MR) is 96.6 cm³/mol. The molecule has 0 aliphatic rings. The molecule has 116 valence electrons. The molecule has 2 aromatic rings. The summed E-state index contributed by atoms with van der Waals surface area (Å²) in [6.07, 6.45) is 2.01. The Balaban J connectivity index is 1.56. The fraction of sp³-hybridized carbons (Fsp3) is 0.278. The van der Waals surface area contributed by atoms with Crippen molar-refractivity contribution in [3.63, 3.8) is 0 Å². The average molecular weight is 314 g/mol. The second-order valence-electron chi connectivity index (χ2n) is 5.12. The number of para-hydroxylation sites is 1. The summed E-state index contributed by atoms with van der Waals surface area (Å²) in [5.41, 5.74) is 2.23. The summed E-state index contributed by atoms with van der Waals surface area (Å²) in [5, 5.41) is 7.06. The molecule has 0 heterocycles. The van der Waals surface area contributed by atoms with Gasteiger partial charge in [0, 0.05) is 12.2 Å². The van der Waals surface area contributed by atoms with Gasteiger partial charge in [-0.15, -0.1) is 0 Å². The topological polar surface area (TPSA) is 33.3 Å². The van der Waals surface area contributed by atoms with Crippen molar-refractivity contribution in [2.24, 2.45) is 0 Å². The van der Waals surface area contributed by atoms with Gasteiger partial charge in [0.25, 0.3) is 0 Å². The van der Waals surface area contributed by atoms with Crippen LogP contribution in [0.1, 0.15) is 18.4 Å². The molecule has 0 radical (unpaired) electrons. The highest BCUT2D eigenvalue weighted by Gasteiger charge is 1.98. The predicted octanol–water partition coefficient (Wildman–Crippen LogP) is 4.14. The van der Waals surface area contributed by atoms with Crippen molar-refractivity contribution in [2.45, 2.75) is 19.8 Å². The van der Waals surface area contributed by atoms with Crippen LogP contribution in [-0.4, -0.2) is 18.3 Å². The van der Waals surface area contributed by atoms with E-state index in [0.29, 0.717) is 5.11 Å². The summed E-state index contributed by atoms with van der Waals surface area (Å²) in [6, 6.07) is 18.0. The molecule has 0 aliphatic carbocycles. The number of thiocarbonyl (C=S) groups is 1. The number of anilines is 1. The molecule has 0 saturated heterocycles. The van der Waals surface area contributed by atoms with Crippen LogP contribution in [0.15, 0.2) is 54.6 Å². The first-order valence-corrected chi connectivity index (χ1v) is 7.94. The lowest BCUT2D eigenvalue weighted by Gasteiger charge is -2.11. The molecule has 2 aromatic carbocycles. The van der Waals surface area contributed by atoms with Crippen LogP contribution in [-0.2, 0) is 0 Å². The Morgan fingerprint density at radius 3 is 2.64 bits per heavy atom. The maximum atomic E-state index is 5.65. The number of benzene rings is 2. The van der Waals surface area contributed by atoms with E-state index in [-0.39, 0.29) is 0 Å². The first kappa shape index (κ1) is 16.3. The second kappa shape index (κ2) is 9.05. The quantitative estimate of drug-likeness (QED) is 0.594. The third kappa shape index (κ3) is 6.14. The molecule has 0 aromatic heterocycles. The van der Waals surface area contributed by atoms with Crippen LogP contribution >= 0.6 is 12.2 Å². The van der Waals surface area contributed by atoms with Crippen molar-refractivity contribution in [1.82, 2.24) is 5.32 Å². The number of aryl methyl sites for hydroxylation is 1. The summed E-state index contributed by atoms with van der Waals surface area (Å²) < 4.78 is 5.65. The number of rotatable bonds is 7. The van der Waals surface area contributed by atoms with Crippen molar-refractivity contribution in [2.75, 3.05) is 18.5 Å². The highest BCUT2D eigenvalue weighted by Crippen LogP contribution is 2.10. The minimum Gasteiger partial charge on any atom is -0.494 e. The van der Waals surface area contributed by atoms with Gasteiger partial charge in [0.15, 0.2) is 5.11 Å². The monoisotopic (exact) mass is 314 g/mol. The lowest BCUT2D eigenvalue weighted by atomic mass is 10.2. The summed E-state index contributed by atoms with van der Waals surface area (Å²) in [4.78, 5) is 0. The summed E-state index contributed by atoms with van der Waals surface area (Å²) in [5.74, 6) is 0.923. The molecule has 0 saturated carbocycles. The van der Waals surface area contributed by atoms with E-state index in [0.717, 1.165) is 37.4 Å². The summed E-state index contributed by atoms with van der Waals surface area (Å²) in [6.45, 7) is 3.63. The van der Waals surface area contributed by atoms with Crippen LogP contribution in [0.25, 0.3) is 0 Å². The number of nitrogens with one attached hydrogen (secondary N) is 2. The van der Waals surface area contributed by atoms with Gasteiger partial charge in [-0.2, -0.15) is 0 Å². The third-order valence-corrected chi connectivity index (χ3v) is 3.39. The Hall–Kier alpha value is -2.07. The van der Waals surface area contributed by atoms with E-state index in [9.17, 15) is 0 Å². The lowest BCUT2D eigenvalue weighted by Crippen LogP contribution is -2.29. The van der Waals surface area contributed by atoms with Crippen LogP contribution in [0, 0.1) is 6.92 Å². The van der Waals surface area contributed by atoms with Crippen LogP contribution < -0.4 is 15.4 Å². The van der Waals surface area contributed by atoms with Crippen molar-refractivity contribution >= 4 is 23.0 Å². The van der Waals surface area contributed by atoms with Crippen molar-refractivity contribution in [3.05, 3.63) is 60.2 Å². The van der Waals surface area contributed by atoms with E-state index >= 15 is 0 Å². The van der Waals surface area contributed by atoms with Crippen molar-refractivity contribution in [3.8, 4) is 5.75 Å². The molecule has 4 heteroatoms. The smallest absolute Gasteiger partial charge is 0.170 e. The normalized spacial score (nSPS) is 10.0.